The Balaban J connectivity index is 1.89. The van der Waals surface area contributed by atoms with Gasteiger partial charge in [-0.1, -0.05) is 12.1 Å². The molecule has 0 atom stereocenters. The standard InChI is InChI=1S/C19H18FNO5/c1-24-15-7-8-17(25-2)16(11-15)21-18(22)12-26-19(23)9-6-13-4-3-5-14(20)10-13/h3-11H,12H2,1-2H3,(H,21,22)/b9-6+. The number of carbonyl (C=O) groups excluding carboxylic acids is 2. The van der Waals surface area contributed by atoms with Gasteiger partial charge in [-0.25, -0.2) is 9.18 Å². The van der Waals surface area contributed by atoms with E-state index < -0.39 is 24.3 Å². The van der Waals surface area contributed by atoms with Gasteiger partial charge in [-0.3, -0.25) is 4.79 Å². The number of nitrogens with one attached hydrogen (secondary N) is 1. The van der Waals surface area contributed by atoms with Crippen LogP contribution in [0.2, 0.25) is 0 Å². The summed E-state index contributed by atoms with van der Waals surface area (Å²) in [6.07, 6.45) is 2.52. The molecule has 2 rings (SSSR count). The maximum Gasteiger partial charge on any atom is 0.331 e. The molecule has 26 heavy (non-hydrogen) atoms. The van der Waals surface area contributed by atoms with Crippen molar-refractivity contribution in [2.45, 2.75) is 0 Å². The highest BCUT2D eigenvalue weighted by Gasteiger charge is 2.10. The number of rotatable bonds is 7. The fraction of sp³-hybridized carbons (Fsp3) is 0.158. The second-order valence-corrected chi connectivity index (χ2v) is 5.11. The van der Waals surface area contributed by atoms with Gasteiger partial charge < -0.3 is 19.5 Å². The van der Waals surface area contributed by atoms with E-state index in [9.17, 15) is 14.0 Å². The van der Waals surface area contributed by atoms with E-state index in [0.29, 0.717) is 22.7 Å². The van der Waals surface area contributed by atoms with Crippen LogP contribution in [0.1, 0.15) is 5.56 Å². The van der Waals surface area contributed by atoms with Gasteiger partial charge in [0.2, 0.25) is 0 Å². The van der Waals surface area contributed by atoms with Gasteiger partial charge in [-0.15, -0.1) is 0 Å². The van der Waals surface area contributed by atoms with E-state index in [1.54, 1.807) is 24.3 Å². The number of amides is 1. The Hall–Kier alpha value is -3.35. The molecule has 0 aliphatic heterocycles. The molecule has 0 bridgehead atoms. The quantitative estimate of drug-likeness (QED) is 0.608. The lowest BCUT2D eigenvalue weighted by molar-refractivity contribution is -0.142. The third kappa shape index (κ3) is 5.62. The molecule has 0 aliphatic rings. The summed E-state index contributed by atoms with van der Waals surface area (Å²) in [5.41, 5.74) is 0.899. The zero-order valence-electron chi connectivity index (χ0n) is 14.3. The molecule has 2 aromatic carbocycles. The van der Waals surface area contributed by atoms with Gasteiger partial charge in [0, 0.05) is 12.1 Å². The highest BCUT2D eigenvalue weighted by Crippen LogP contribution is 2.28. The molecule has 0 heterocycles. The molecule has 0 saturated heterocycles. The van der Waals surface area contributed by atoms with E-state index in [1.165, 1.54) is 38.5 Å². The topological polar surface area (TPSA) is 73.9 Å². The average Bonchev–Trinajstić information content (AvgIpc) is 2.64. The molecule has 0 aromatic heterocycles. The Morgan fingerprint density at radius 2 is 1.92 bits per heavy atom. The zero-order chi connectivity index (χ0) is 18.9. The summed E-state index contributed by atoms with van der Waals surface area (Å²) < 4.78 is 28.1. The highest BCUT2D eigenvalue weighted by molar-refractivity contribution is 5.95. The van der Waals surface area contributed by atoms with Crippen molar-refractivity contribution in [3.63, 3.8) is 0 Å². The number of esters is 1. The third-order valence-corrected chi connectivity index (χ3v) is 3.29. The van der Waals surface area contributed by atoms with Crippen molar-refractivity contribution in [3.05, 3.63) is 59.9 Å². The first-order valence-electron chi connectivity index (χ1n) is 7.64. The van der Waals surface area contributed by atoms with Crippen LogP contribution in [0.4, 0.5) is 10.1 Å². The maximum absolute atomic E-state index is 13.0. The van der Waals surface area contributed by atoms with Crippen molar-refractivity contribution >= 4 is 23.6 Å². The summed E-state index contributed by atoms with van der Waals surface area (Å²) in [5, 5.41) is 2.58. The molecule has 1 N–H and O–H groups in total. The molecule has 0 aliphatic carbocycles. The van der Waals surface area contributed by atoms with Gasteiger partial charge in [0.15, 0.2) is 6.61 Å². The smallest absolute Gasteiger partial charge is 0.331 e. The number of hydrogen-bond donors (Lipinski definition) is 1. The highest BCUT2D eigenvalue weighted by atomic mass is 19.1. The van der Waals surface area contributed by atoms with Crippen LogP contribution in [0.25, 0.3) is 6.08 Å². The molecule has 6 nitrogen and oxygen atoms in total. The molecule has 0 radical (unpaired) electrons. The van der Waals surface area contributed by atoms with Crippen LogP contribution >= 0.6 is 0 Å². The molecule has 1 amide bonds. The number of benzene rings is 2. The fourth-order valence-electron chi connectivity index (χ4n) is 2.06. The second-order valence-electron chi connectivity index (χ2n) is 5.11. The minimum absolute atomic E-state index is 0.392. The van der Waals surface area contributed by atoms with E-state index >= 15 is 0 Å². The van der Waals surface area contributed by atoms with Crippen molar-refractivity contribution in [1.29, 1.82) is 0 Å². The Kier molecular flexibility index (Phi) is 6.73. The van der Waals surface area contributed by atoms with E-state index in [4.69, 9.17) is 14.2 Å². The van der Waals surface area contributed by atoms with Crippen molar-refractivity contribution in [3.8, 4) is 11.5 Å². The largest absolute Gasteiger partial charge is 0.497 e. The van der Waals surface area contributed by atoms with Crippen LogP contribution in [0.5, 0.6) is 11.5 Å². The van der Waals surface area contributed by atoms with E-state index in [0.717, 1.165) is 6.08 Å². The fourth-order valence-corrected chi connectivity index (χ4v) is 2.06. The second kappa shape index (κ2) is 9.22. The van der Waals surface area contributed by atoms with Crippen molar-refractivity contribution in [1.82, 2.24) is 0 Å². The number of carbonyl (C=O) groups is 2. The van der Waals surface area contributed by atoms with Gasteiger partial charge in [0.25, 0.3) is 5.91 Å². The first-order chi connectivity index (χ1) is 12.5. The predicted molar refractivity (Wildman–Crippen MR) is 94.6 cm³/mol. The van der Waals surface area contributed by atoms with Gasteiger partial charge in [0.05, 0.1) is 19.9 Å². The first-order valence-corrected chi connectivity index (χ1v) is 7.64. The predicted octanol–water partition coefficient (Wildman–Crippen LogP) is 3.04. The number of ether oxygens (including phenoxy) is 3. The van der Waals surface area contributed by atoms with Gasteiger partial charge in [-0.2, -0.15) is 0 Å². The van der Waals surface area contributed by atoms with Crippen LogP contribution in [0.3, 0.4) is 0 Å². The molecule has 0 unspecified atom stereocenters. The molecule has 2 aromatic rings. The Bertz CT molecular complexity index is 819. The average molecular weight is 359 g/mol. The van der Waals surface area contributed by atoms with Crippen molar-refractivity contribution < 1.29 is 28.2 Å². The van der Waals surface area contributed by atoms with Crippen LogP contribution in [-0.4, -0.2) is 32.7 Å². The lowest BCUT2D eigenvalue weighted by atomic mass is 10.2. The van der Waals surface area contributed by atoms with E-state index in [2.05, 4.69) is 5.32 Å². The minimum atomic E-state index is -0.720. The van der Waals surface area contributed by atoms with Crippen LogP contribution in [-0.2, 0) is 14.3 Å². The van der Waals surface area contributed by atoms with Crippen LogP contribution < -0.4 is 14.8 Å². The molecule has 0 saturated carbocycles. The number of anilines is 1. The minimum Gasteiger partial charge on any atom is -0.497 e. The summed E-state index contributed by atoms with van der Waals surface area (Å²) >= 11 is 0. The molecular weight excluding hydrogens is 341 g/mol. The molecule has 7 heteroatoms. The summed E-state index contributed by atoms with van der Waals surface area (Å²) in [5.74, 6) is -0.689. The summed E-state index contributed by atoms with van der Waals surface area (Å²) in [7, 11) is 2.97. The summed E-state index contributed by atoms with van der Waals surface area (Å²) in [4.78, 5) is 23.6. The monoisotopic (exact) mass is 359 g/mol. The molecular formula is C19H18FNO5. The van der Waals surface area contributed by atoms with E-state index in [-0.39, 0.29) is 0 Å². The first kappa shape index (κ1) is 19.0. The lowest BCUT2D eigenvalue weighted by Crippen LogP contribution is -2.20. The molecule has 0 spiro atoms. The number of halogens is 1. The maximum atomic E-state index is 13.0. The van der Waals surface area contributed by atoms with E-state index in [1.807, 2.05) is 0 Å². The summed E-state index contributed by atoms with van der Waals surface area (Å²) in [6, 6.07) is 10.6. The third-order valence-electron chi connectivity index (χ3n) is 3.29. The van der Waals surface area contributed by atoms with Crippen LogP contribution in [0, 0.1) is 5.82 Å². The van der Waals surface area contributed by atoms with Gasteiger partial charge in [-0.05, 0) is 35.9 Å². The number of hydrogen-bond acceptors (Lipinski definition) is 5. The Morgan fingerprint density at radius 3 is 2.62 bits per heavy atom. The van der Waals surface area contributed by atoms with Crippen molar-refractivity contribution in [2.75, 3.05) is 26.1 Å². The molecule has 0 fully saturated rings. The molecule has 136 valence electrons. The number of methoxy groups -OCH3 is 2. The summed E-state index contributed by atoms with van der Waals surface area (Å²) in [6.45, 7) is -0.479. The SMILES string of the molecule is COc1ccc(OC)c(NC(=O)COC(=O)/C=C/c2cccc(F)c2)c1. The van der Waals surface area contributed by atoms with Gasteiger partial charge in [0.1, 0.15) is 17.3 Å². The Labute approximate surface area is 150 Å². The van der Waals surface area contributed by atoms with Gasteiger partial charge >= 0.3 is 5.97 Å². The normalized spacial score (nSPS) is 10.4. The van der Waals surface area contributed by atoms with Crippen molar-refractivity contribution in [2.24, 2.45) is 0 Å². The van der Waals surface area contributed by atoms with Crippen LogP contribution in [0.15, 0.2) is 48.5 Å². The zero-order valence-corrected chi connectivity index (χ0v) is 14.3. The lowest BCUT2D eigenvalue weighted by Gasteiger charge is -2.11. The Morgan fingerprint density at radius 1 is 1.12 bits per heavy atom.